The van der Waals surface area contributed by atoms with E-state index in [0.29, 0.717) is 16.9 Å². The van der Waals surface area contributed by atoms with E-state index in [1.54, 1.807) is 42.6 Å². The molecule has 0 aliphatic carbocycles. The molecule has 0 aliphatic rings. The Hall–Kier alpha value is -4.32. The van der Waals surface area contributed by atoms with Gasteiger partial charge in [0.25, 0.3) is 5.91 Å². The first-order valence-corrected chi connectivity index (χ1v) is 9.31. The van der Waals surface area contributed by atoms with Crippen molar-refractivity contribution in [1.29, 1.82) is 0 Å². The molecule has 0 spiro atoms. The summed E-state index contributed by atoms with van der Waals surface area (Å²) in [5.74, 6) is -0.851. The second kappa shape index (κ2) is 8.79. The molecular weight excluding hydrogens is 376 g/mol. The van der Waals surface area contributed by atoms with Gasteiger partial charge in [-0.2, -0.15) is 5.11 Å². The van der Waals surface area contributed by atoms with Crippen molar-refractivity contribution in [2.45, 2.75) is 0 Å². The number of aromatic nitrogens is 1. The Balaban J connectivity index is 1.70. The summed E-state index contributed by atoms with van der Waals surface area (Å²) in [7, 11) is 0. The highest BCUT2D eigenvalue weighted by molar-refractivity contribution is 6.07. The summed E-state index contributed by atoms with van der Waals surface area (Å²) >= 11 is 0. The third kappa shape index (κ3) is 4.39. The van der Waals surface area contributed by atoms with Crippen LogP contribution in [0.3, 0.4) is 0 Å². The number of pyridine rings is 1. The summed E-state index contributed by atoms with van der Waals surface area (Å²) in [4.78, 5) is 16.8. The van der Waals surface area contributed by atoms with Crippen LogP contribution in [-0.4, -0.2) is 16.0 Å². The minimum absolute atomic E-state index is 0.196. The van der Waals surface area contributed by atoms with Crippen LogP contribution in [0.5, 0.6) is 0 Å². The van der Waals surface area contributed by atoms with Crippen molar-refractivity contribution in [3.8, 4) is 0 Å². The van der Waals surface area contributed by atoms with E-state index < -0.39 is 5.91 Å². The molecule has 1 amide bonds. The van der Waals surface area contributed by atoms with Crippen LogP contribution in [0.1, 0.15) is 5.56 Å². The number of carbonyl (C=O) groups excluding carboxylic acids is 1. The largest absolute Gasteiger partial charge is 0.505 e. The molecule has 1 heterocycles. The van der Waals surface area contributed by atoms with E-state index in [1.807, 2.05) is 48.5 Å². The number of amides is 1. The number of nitrogens with zero attached hydrogens (tertiary/aromatic N) is 3. The number of azo groups is 1. The maximum absolute atomic E-state index is 12.9. The minimum Gasteiger partial charge on any atom is -0.505 e. The Morgan fingerprint density at radius 1 is 0.867 bits per heavy atom. The first-order valence-electron chi connectivity index (χ1n) is 9.31. The van der Waals surface area contributed by atoms with E-state index in [2.05, 4.69) is 20.5 Å². The lowest BCUT2D eigenvalue weighted by Crippen LogP contribution is -2.15. The van der Waals surface area contributed by atoms with E-state index in [0.717, 1.165) is 10.8 Å². The van der Waals surface area contributed by atoms with Crippen molar-refractivity contribution >= 4 is 33.8 Å². The smallest absolute Gasteiger partial charge is 0.280 e. The van der Waals surface area contributed by atoms with Gasteiger partial charge in [-0.15, -0.1) is 5.11 Å². The number of aliphatic hydroxyl groups is 1. The average molecular weight is 394 g/mol. The van der Waals surface area contributed by atoms with Gasteiger partial charge in [-0.3, -0.25) is 9.78 Å². The molecule has 30 heavy (non-hydrogen) atoms. The number of hydrogen-bond acceptors (Lipinski definition) is 5. The first-order chi connectivity index (χ1) is 14.7. The molecule has 3 aromatic carbocycles. The summed E-state index contributed by atoms with van der Waals surface area (Å²) in [5, 5.41) is 23.8. The van der Waals surface area contributed by atoms with Crippen molar-refractivity contribution in [3.05, 3.63) is 109 Å². The number of aliphatic hydroxyl groups excluding tert-OH is 1. The van der Waals surface area contributed by atoms with E-state index in [-0.39, 0.29) is 11.5 Å². The molecule has 0 saturated carbocycles. The average Bonchev–Trinajstić information content (AvgIpc) is 2.80. The van der Waals surface area contributed by atoms with Crippen LogP contribution in [0, 0.1) is 0 Å². The normalized spacial score (nSPS) is 12.0. The first kappa shape index (κ1) is 19.0. The van der Waals surface area contributed by atoms with E-state index in [4.69, 9.17) is 0 Å². The SMILES string of the molecule is O=C(Nc1cccnc1)C(N=Nc1ccc2ccccc2c1)=C(O)c1ccccc1. The lowest BCUT2D eigenvalue weighted by molar-refractivity contribution is -0.112. The van der Waals surface area contributed by atoms with E-state index >= 15 is 0 Å². The number of anilines is 1. The molecule has 146 valence electrons. The highest BCUT2D eigenvalue weighted by Gasteiger charge is 2.17. The summed E-state index contributed by atoms with van der Waals surface area (Å²) in [5.41, 5.74) is 1.33. The van der Waals surface area contributed by atoms with Gasteiger partial charge >= 0.3 is 0 Å². The van der Waals surface area contributed by atoms with Gasteiger partial charge in [0.2, 0.25) is 0 Å². The predicted octanol–water partition coefficient (Wildman–Crippen LogP) is 5.88. The zero-order valence-electron chi connectivity index (χ0n) is 15.9. The summed E-state index contributed by atoms with van der Waals surface area (Å²) in [6.45, 7) is 0. The zero-order valence-corrected chi connectivity index (χ0v) is 15.9. The van der Waals surface area contributed by atoms with Crippen LogP contribution in [-0.2, 0) is 4.79 Å². The van der Waals surface area contributed by atoms with Crippen LogP contribution in [0.15, 0.2) is 113 Å². The van der Waals surface area contributed by atoms with Gasteiger partial charge in [0.1, 0.15) is 0 Å². The Labute approximate surface area is 173 Å². The number of fused-ring (bicyclic) bond motifs is 1. The lowest BCUT2D eigenvalue weighted by Gasteiger charge is -2.07. The summed E-state index contributed by atoms with van der Waals surface area (Å²) in [6.07, 6.45) is 3.11. The molecule has 0 fully saturated rings. The van der Waals surface area contributed by atoms with Gasteiger partial charge < -0.3 is 10.4 Å². The molecule has 0 atom stereocenters. The summed E-state index contributed by atoms with van der Waals surface area (Å²) in [6, 6.07) is 25.6. The van der Waals surface area contributed by atoms with Crippen LogP contribution in [0.25, 0.3) is 16.5 Å². The highest BCUT2D eigenvalue weighted by Crippen LogP contribution is 2.24. The molecular formula is C24H18N4O2. The van der Waals surface area contributed by atoms with Crippen molar-refractivity contribution < 1.29 is 9.90 Å². The fraction of sp³-hybridized carbons (Fsp3) is 0. The topological polar surface area (TPSA) is 86.9 Å². The van der Waals surface area contributed by atoms with Gasteiger partial charge in [0.15, 0.2) is 11.5 Å². The lowest BCUT2D eigenvalue weighted by atomic mass is 10.1. The van der Waals surface area contributed by atoms with E-state index in [1.165, 1.54) is 6.20 Å². The van der Waals surface area contributed by atoms with Gasteiger partial charge in [-0.1, -0.05) is 60.7 Å². The molecule has 2 N–H and O–H groups in total. The zero-order chi connectivity index (χ0) is 20.8. The predicted molar refractivity (Wildman–Crippen MR) is 117 cm³/mol. The molecule has 0 aliphatic heterocycles. The van der Waals surface area contributed by atoms with Crippen molar-refractivity contribution in [2.75, 3.05) is 5.32 Å². The van der Waals surface area contributed by atoms with Crippen molar-refractivity contribution in [2.24, 2.45) is 10.2 Å². The Morgan fingerprint density at radius 3 is 2.40 bits per heavy atom. The number of hydrogen-bond donors (Lipinski definition) is 2. The van der Waals surface area contributed by atoms with Gasteiger partial charge in [-0.25, -0.2) is 0 Å². The van der Waals surface area contributed by atoms with Gasteiger partial charge in [0.05, 0.1) is 17.6 Å². The molecule has 0 saturated heterocycles. The Kier molecular flexibility index (Phi) is 5.57. The van der Waals surface area contributed by atoms with Crippen molar-refractivity contribution in [3.63, 3.8) is 0 Å². The summed E-state index contributed by atoms with van der Waals surface area (Å²) < 4.78 is 0. The molecule has 4 rings (SSSR count). The molecule has 6 nitrogen and oxygen atoms in total. The third-order valence-electron chi connectivity index (χ3n) is 4.40. The minimum atomic E-state index is -0.589. The number of rotatable bonds is 5. The monoisotopic (exact) mass is 394 g/mol. The van der Waals surface area contributed by atoms with Gasteiger partial charge in [-0.05, 0) is 35.0 Å². The highest BCUT2D eigenvalue weighted by atomic mass is 16.3. The molecule has 0 bridgehead atoms. The van der Waals surface area contributed by atoms with Gasteiger partial charge in [0, 0.05) is 11.8 Å². The maximum atomic E-state index is 12.9. The van der Waals surface area contributed by atoms with Crippen LogP contribution < -0.4 is 5.32 Å². The van der Waals surface area contributed by atoms with Crippen LogP contribution in [0.4, 0.5) is 11.4 Å². The molecule has 1 aromatic heterocycles. The van der Waals surface area contributed by atoms with Crippen molar-refractivity contribution in [1.82, 2.24) is 4.98 Å². The fourth-order valence-corrected chi connectivity index (χ4v) is 2.91. The molecule has 4 aromatic rings. The number of benzene rings is 3. The third-order valence-corrected chi connectivity index (χ3v) is 4.40. The quantitative estimate of drug-likeness (QED) is 0.252. The Bertz CT molecular complexity index is 1240. The van der Waals surface area contributed by atoms with Crippen LogP contribution >= 0.6 is 0 Å². The number of nitrogens with one attached hydrogen (secondary N) is 1. The second-order valence-corrected chi connectivity index (χ2v) is 6.49. The van der Waals surface area contributed by atoms with E-state index in [9.17, 15) is 9.90 Å². The second-order valence-electron chi connectivity index (χ2n) is 6.49. The molecule has 0 radical (unpaired) electrons. The maximum Gasteiger partial charge on any atom is 0.280 e. The van der Waals surface area contributed by atoms with Crippen LogP contribution in [0.2, 0.25) is 0 Å². The molecule has 6 heteroatoms. The molecule has 0 unspecified atom stereocenters. The Morgan fingerprint density at radius 2 is 1.63 bits per heavy atom. The number of carbonyl (C=O) groups is 1. The standard InChI is InChI=1S/C24H18N4O2/c29-23(18-8-2-1-3-9-18)22(24(30)26-21-11-6-14-25-16-21)28-27-20-13-12-17-7-4-5-10-19(17)15-20/h1-16,29H,(H,26,30). The fourth-order valence-electron chi connectivity index (χ4n) is 2.91.